The topological polar surface area (TPSA) is 29.9 Å². The maximum Gasteiger partial charge on any atom is 0.149 e. The summed E-state index contributed by atoms with van der Waals surface area (Å²) in [4.78, 5) is 4.25. The molecular formula is C12H15ClFN3. The number of rotatable bonds is 1. The van der Waals surface area contributed by atoms with E-state index in [4.69, 9.17) is 0 Å². The molecule has 0 radical (unpaired) electrons. The molecule has 2 heterocycles. The Bertz CT molecular complexity index is 505. The van der Waals surface area contributed by atoms with E-state index >= 15 is 0 Å². The van der Waals surface area contributed by atoms with Crippen LogP contribution in [-0.2, 0) is 0 Å². The van der Waals surface area contributed by atoms with Crippen LogP contribution in [-0.4, -0.2) is 22.6 Å². The van der Waals surface area contributed by atoms with Gasteiger partial charge in [-0.15, -0.1) is 12.4 Å². The van der Waals surface area contributed by atoms with E-state index in [0.717, 1.165) is 31.4 Å². The van der Waals surface area contributed by atoms with Gasteiger partial charge in [0, 0.05) is 12.6 Å². The van der Waals surface area contributed by atoms with Crippen LogP contribution in [0.25, 0.3) is 11.0 Å². The second-order valence-electron chi connectivity index (χ2n) is 4.26. The number of fused-ring (bicyclic) bond motifs is 1. The molecule has 0 saturated carbocycles. The smallest absolute Gasteiger partial charge is 0.149 e. The average Bonchev–Trinajstić information content (AvgIpc) is 2.75. The standard InChI is InChI=1S/C12H14FN3.ClH/c13-10-4-1-5-11-12(10)16(8-15-11)9-3-2-6-14-7-9;/h1,4-5,8-9,14H,2-3,6-7H2;1H. The Morgan fingerprint density at radius 1 is 1.41 bits per heavy atom. The zero-order valence-electron chi connectivity index (χ0n) is 9.40. The third-order valence-corrected chi connectivity index (χ3v) is 3.21. The fraction of sp³-hybridized carbons (Fsp3) is 0.417. The largest absolute Gasteiger partial charge is 0.324 e. The first-order chi connectivity index (χ1) is 7.86. The van der Waals surface area contributed by atoms with Crippen molar-refractivity contribution in [1.82, 2.24) is 14.9 Å². The molecule has 1 N–H and O–H groups in total. The van der Waals surface area contributed by atoms with Crippen LogP contribution in [0.2, 0.25) is 0 Å². The van der Waals surface area contributed by atoms with E-state index in [0.29, 0.717) is 11.6 Å². The highest BCUT2D eigenvalue weighted by Gasteiger charge is 2.18. The Hall–Kier alpha value is -1.13. The van der Waals surface area contributed by atoms with E-state index in [2.05, 4.69) is 10.3 Å². The van der Waals surface area contributed by atoms with Crippen molar-refractivity contribution in [2.45, 2.75) is 18.9 Å². The maximum absolute atomic E-state index is 13.8. The first kappa shape index (κ1) is 12.3. The van der Waals surface area contributed by atoms with Gasteiger partial charge in [0.15, 0.2) is 0 Å². The second kappa shape index (κ2) is 5.02. The molecule has 0 amide bonds. The van der Waals surface area contributed by atoms with Crippen molar-refractivity contribution in [2.75, 3.05) is 13.1 Å². The van der Waals surface area contributed by atoms with Gasteiger partial charge in [0.2, 0.25) is 0 Å². The van der Waals surface area contributed by atoms with Crippen molar-refractivity contribution in [2.24, 2.45) is 0 Å². The monoisotopic (exact) mass is 255 g/mol. The number of nitrogens with one attached hydrogen (secondary N) is 1. The quantitative estimate of drug-likeness (QED) is 0.849. The van der Waals surface area contributed by atoms with Crippen LogP contribution < -0.4 is 5.32 Å². The van der Waals surface area contributed by atoms with Crippen LogP contribution in [0, 0.1) is 5.82 Å². The minimum absolute atomic E-state index is 0. The molecule has 1 fully saturated rings. The fourth-order valence-corrected chi connectivity index (χ4v) is 2.39. The second-order valence-corrected chi connectivity index (χ2v) is 4.26. The van der Waals surface area contributed by atoms with Gasteiger partial charge < -0.3 is 9.88 Å². The Kier molecular flexibility index (Phi) is 3.64. The molecule has 1 aromatic carbocycles. The molecule has 0 aliphatic carbocycles. The minimum Gasteiger partial charge on any atom is -0.324 e. The van der Waals surface area contributed by atoms with E-state index in [-0.39, 0.29) is 18.2 Å². The summed E-state index contributed by atoms with van der Waals surface area (Å²) in [6.07, 6.45) is 3.98. The number of nitrogens with zero attached hydrogens (tertiary/aromatic N) is 2. The normalized spacial score (nSPS) is 20.2. The molecule has 1 aliphatic heterocycles. The van der Waals surface area contributed by atoms with Gasteiger partial charge in [-0.1, -0.05) is 6.07 Å². The van der Waals surface area contributed by atoms with Crippen molar-refractivity contribution >= 4 is 23.4 Å². The molecule has 1 aliphatic rings. The summed E-state index contributed by atoms with van der Waals surface area (Å²) in [6, 6.07) is 5.38. The first-order valence-electron chi connectivity index (χ1n) is 5.68. The van der Waals surface area contributed by atoms with Crippen molar-refractivity contribution in [1.29, 1.82) is 0 Å². The van der Waals surface area contributed by atoms with Gasteiger partial charge in [-0.2, -0.15) is 0 Å². The van der Waals surface area contributed by atoms with Gasteiger partial charge in [0.05, 0.1) is 11.8 Å². The Morgan fingerprint density at radius 3 is 3.06 bits per heavy atom. The molecule has 0 bridgehead atoms. The van der Waals surface area contributed by atoms with Crippen LogP contribution in [0.1, 0.15) is 18.9 Å². The van der Waals surface area contributed by atoms with E-state index in [1.165, 1.54) is 6.07 Å². The summed E-state index contributed by atoms with van der Waals surface area (Å²) in [5.74, 6) is -0.180. The molecule has 92 valence electrons. The molecule has 1 aromatic heterocycles. The van der Waals surface area contributed by atoms with Crippen LogP contribution in [0.5, 0.6) is 0 Å². The molecule has 2 aromatic rings. The molecular weight excluding hydrogens is 241 g/mol. The number of aromatic nitrogens is 2. The molecule has 3 rings (SSSR count). The highest BCUT2D eigenvalue weighted by Crippen LogP contribution is 2.24. The third-order valence-electron chi connectivity index (χ3n) is 3.21. The lowest BCUT2D eigenvalue weighted by Crippen LogP contribution is -2.31. The number of benzene rings is 1. The summed E-state index contributed by atoms with van der Waals surface area (Å²) in [5.41, 5.74) is 1.38. The van der Waals surface area contributed by atoms with E-state index < -0.39 is 0 Å². The number of hydrogen-bond donors (Lipinski definition) is 1. The highest BCUT2D eigenvalue weighted by atomic mass is 35.5. The molecule has 3 nitrogen and oxygen atoms in total. The predicted molar refractivity (Wildman–Crippen MR) is 68.1 cm³/mol. The van der Waals surface area contributed by atoms with Crippen molar-refractivity contribution in [3.8, 4) is 0 Å². The molecule has 5 heteroatoms. The van der Waals surface area contributed by atoms with Gasteiger partial charge >= 0.3 is 0 Å². The van der Waals surface area contributed by atoms with E-state index in [9.17, 15) is 4.39 Å². The summed E-state index contributed by atoms with van der Waals surface area (Å²) in [6.45, 7) is 1.96. The van der Waals surface area contributed by atoms with E-state index in [1.54, 1.807) is 12.4 Å². The summed E-state index contributed by atoms with van der Waals surface area (Å²) < 4.78 is 15.7. The highest BCUT2D eigenvalue weighted by molar-refractivity contribution is 5.85. The Morgan fingerprint density at radius 2 is 2.29 bits per heavy atom. The average molecular weight is 256 g/mol. The van der Waals surface area contributed by atoms with Gasteiger partial charge in [-0.05, 0) is 31.5 Å². The van der Waals surface area contributed by atoms with Crippen LogP contribution in [0.3, 0.4) is 0 Å². The van der Waals surface area contributed by atoms with E-state index in [1.807, 2.05) is 10.6 Å². The maximum atomic E-state index is 13.8. The van der Waals surface area contributed by atoms with Gasteiger partial charge in [0.1, 0.15) is 11.3 Å². The first-order valence-corrected chi connectivity index (χ1v) is 5.68. The lowest BCUT2D eigenvalue weighted by atomic mass is 10.1. The molecule has 1 atom stereocenters. The third kappa shape index (κ3) is 2.15. The van der Waals surface area contributed by atoms with Crippen molar-refractivity contribution < 1.29 is 4.39 Å². The molecule has 1 saturated heterocycles. The molecule has 0 spiro atoms. The number of hydrogen-bond acceptors (Lipinski definition) is 2. The number of halogens is 2. The van der Waals surface area contributed by atoms with Gasteiger partial charge in [0.25, 0.3) is 0 Å². The SMILES string of the molecule is Cl.Fc1cccc2ncn(C3CCCNC3)c12. The zero-order valence-corrected chi connectivity index (χ0v) is 10.2. The molecule has 17 heavy (non-hydrogen) atoms. The van der Waals surface area contributed by atoms with Crippen LogP contribution in [0.4, 0.5) is 4.39 Å². The molecule has 1 unspecified atom stereocenters. The number of piperidine rings is 1. The number of para-hydroxylation sites is 1. The minimum atomic E-state index is -0.180. The Balaban J connectivity index is 0.00000108. The van der Waals surface area contributed by atoms with Crippen molar-refractivity contribution in [3.05, 3.63) is 30.3 Å². The predicted octanol–water partition coefficient (Wildman–Crippen LogP) is 2.52. The van der Waals surface area contributed by atoms with Crippen LogP contribution in [0.15, 0.2) is 24.5 Å². The Labute approximate surface area is 105 Å². The summed E-state index contributed by atoms with van der Waals surface area (Å²) in [7, 11) is 0. The van der Waals surface area contributed by atoms with Crippen LogP contribution >= 0.6 is 12.4 Å². The van der Waals surface area contributed by atoms with Gasteiger partial charge in [-0.25, -0.2) is 9.37 Å². The van der Waals surface area contributed by atoms with Crippen molar-refractivity contribution in [3.63, 3.8) is 0 Å². The summed E-state index contributed by atoms with van der Waals surface area (Å²) in [5, 5.41) is 3.34. The van der Waals surface area contributed by atoms with Gasteiger partial charge in [-0.3, -0.25) is 0 Å². The lowest BCUT2D eigenvalue weighted by molar-refractivity contribution is 0.376. The lowest BCUT2D eigenvalue weighted by Gasteiger charge is -2.24. The number of imidazole rings is 1. The summed E-state index contributed by atoms with van der Waals surface area (Å²) >= 11 is 0. The zero-order chi connectivity index (χ0) is 11.0. The fourth-order valence-electron chi connectivity index (χ4n) is 2.39.